The fraction of sp³-hybridized carbons (Fsp3) is 0. The van der Waals surface area contributed by atoms with Crippen molar-refractivity contribution >= 4 is 5.97 Å². The molecule has 0 radical (unpaired) electrons. The summed E-state index contributed by atoms with van der Waals surface area (Å²) in [6.07, 6.45) is 1.40. The molecule has 1 heterocycles. The molecule has 0 aliphatic heterocycles. The Kier molecular flexibility index (Phi) is 2.09. The van der Waals surface area contributed by atoms with Gasteiger partial charge in [0.25, 0.3) is 0 Å². The number of aromatic nitrogens is 3. The highest BCUT2D eigenvalue weighted by Crippen LogP contribution is 2.30. The molecule has 6 nitrogen and oxygen atoms in total. The highest BCUT2D eigenvalue weighted by atomic mass is 16.4. The maximum atomic E-state index is 10.7. The van der Waals surface area contributed by atoms with Crippen LogP contribution in [0.25, 0.3) is 11.3 Å². The molecule has 76 valence electrons. The molecule has 3 N–H and O–H groups in total. The van der Waals surface area contributed by atoms with E-state index >= 15 is 0 Å². The van der Waals surface area contributed by atoms with Gasteiger partial charge in [-0.05, 0) is 12.1 Å². The number of phenols is 1. The van der Waals surface area contributed by atoms with Gasteiger partial charge in [-0.1, -0.05) is 6.07 Å². The van der Waals surface area contributed by atoms with Crippen molar-refractivity contribution in [3.8, 4) is 17.0 Å². The lowest BCUT2D eigenvalue weighted by molar-refractivity contribution is 0.0694. The number of benzene rings is 1. The van der Waals surface area contributed by atoms with Gasteiger partial charge in [-0.15, -0.1) is 0 Å². The van der Waals surface area contributed by atoms with Crippen molar-refractivity contribution in [1.29, 1.82) is 0 Å². The third-order valence-corrected chi connectivity index (χ3v) is 1.96. The van der Waals surface area contributed by atoms with Crippen LogP contribution in [0, 0.1) is 0 Å². The highest BCUT2D eigenvalue weighted by molar-refractivity contribution is 5.93. The van der Waals surface area contributed by atoms with E-state index < -0.39 is 5.97 Å². The van der Waals surface area contributed by atoms with Crippen LogP contribution in [0.15, 0.2) is 24.4 Å². The Labute approximate surface area is 84.2 Å². The van der Waals surface area contributed by atoms with Crippen molar-refractivity contribution in [2.24, 2.45) is 0 Å². The zero-order valence-corrected chi connectivity index (χ0v) is 7.51. The number of carboxylic acid groups (broad SMARTS) is 1. The van der Waals surface area contributed by atoms with Crippen LogP contribution in [0.3, 0.4) is 0 Å². The molecule has 0 bridgehead atoms. The zero-order chi connectivity index (χ0) is 10.8. The van der Waals surface area contributed by atoms with E-state index in [0.29, 0.717) is 11.3 Å². The average molecular weight is 205 g/mol. The molecule has 0 atom stereocenters. The summed E-state index contributed by atoms with van der Waals surface area (Å²) in [7, 11) is 0. The number of hydrogen-bond donors (Lipinski definition) is 3. The summed E-state index contributed by atoms with van der Waals surface area (Å²) in [4.78, 5) is 10.7. The van der Waals surface area contributed by atoms with Crippen LogP contribution >= 0.6 is 0 Å². The first-order chi connectivity index (χ1) is 7.20. The summed E-state index contributed by atoms with van der Waals surface area (Å²) >= 11 is 0. The molecule has 0 spiro atoms. The molecule has 2 aromatic rings. The number of H-pyrrole nitrogens is 1. The smallest absolute Gasteiger partial charge is 0.339 e. The maximum Gasteiger partial charge on any atom is 0.339 e. The van der Waals surface area contributed by atoms with Crippen molar-refractivity contribution in [3.05, 3.63) is 30.0 Å². The van der Waals surface area contributed by atoms with E-state index in [9.17, 15) is 9.90 Å². The Morgan fingerprint density at radius 2 is 2.20 bits per heavy atom. The molecule has 15 heavy (non-hydrogen) atoms. The molecular weight excluding hydrogens is 198 g/mol. The van der Waals surface area contributed by atoms with Gasteiger partial charge in [-0.2, -0.15) is 15.4 Å². The maximum absolute atomic E-state index is 10.7. The number of para-hydroxylation sites is 1. The van der Waals surface area contributed by atoms with Crippen molar-refractivity contribution in [2.75, 3.05) is 0 Å². The first-order valence-electron chi connectivity index (χ1n) is 4.11. The number of hydrogen-bond acceptors (Lipinski definition) is 4. The van der Waals surface area contributed by atoms with Gasteiger partial charge in [0.2, 0.25) is 0 Å². The van der Waals surface area contributed by atoms with Gasteiger partial charge in [0.05, 0.1) is 6.20 Å². The first kappa shape index (κ1) is 9.20. The third-order valence-electron chi connectivity index (χ3n) is 1.96. The topological polar surface area (TPSA) is 99.1 Å². The summed E-state index contributed by atoms with van der Waals surface area (Å²) < 4.78 is 0. The van der Waals surface area contributed by atoms with E-state index in [1.165, 1.54) is 18.3 Å². The van der Waals surface area contributed by atoms with Gasteiger partial charge in [0.15, 0.2) is 0 Å². The van der Waals surface area contributed by atoms with Crippen LogP contribution in [-0.4, -0.2) is 31.6 Å². The molecule has 0 fully saturated rings. The number of aromatic carboxylic acids is 1. The van der Waals surface area contributed by atoms with Gasteiger partial charge in [-0.25, -0.2) is 4.79 Å². The molecule has 0 saturated carbocycles. The fourth-order valence-corrected chi connectivity index (χ4v) is 1.25. The fourth-order valence-electron chi connectivity index (χ4n) is 1.25. The van der Waals surface area contributed by atoms with Gasteiger partial charge in [-0.3, -0.25) is 0 Å². The van der Waals surface area contributed by atoms with Crippen LogP contribution in [0.5, 0.6) is 5.75 Å². The first-order valence-corrected chi connectivity index (χ1v) is 4.11. The molecule has 0 saturated heterocycles. The van der Waals surface area contributed by atoms with Crippen molar-refractivity contribution in [1.82, 2.24) is 15.4 Å². The molecule has 1 aromatic heterocycles. The third kappa shape index (κ3) is 1.52. The highest BCUT2D eigenvalue weighted by Gasteiger charge is 2.15. The molecule has 2 rings (SSSR count). The van der Waals surface area contributed by atoms with Crippen molar-refractivity contribution < 1.29 is 15.0 Å². The number of aromatic hydroxyl groups is 1. The summed E-state index contributed by atoms with van der Waals surface area (Å²) in [6.45, 7) is 0. The Morgan fingerprint density at radius 3 is 2.80 bits per heavy atom. The minimum absolute atomic E-state index is 0.157. The summed E-state index contributed by atoms with van der Waals surface area (Å²) in [5.41, 5.74) is 0.578. The van der Waals surface area contributed by atoms with Crippen LogP contribution < -0.4 is 0 Å². The SMILES string of the molecule is O=C(O)c1cccc(-c2cn[nH]n2)c1O. The molecule has 6 heteroatoms. The molecule has 0 amide bonds. The molecular formula is C9H7N3O3. The number of carboxylic acids is 1. The molecule has 1 aromatic carbocycles. The second-order valence-corrected chi connectivity index (χ2v) is 2.86. The van der Waals surface area contributed by atoms with Gasteiger partial charge in [0.1, 0.15) is 17.0 Å². The largest absolute Gasteiger partial charge is 0.506 e. The Bertz CT molecular complexity index is 493. The van der Waals surface area contributed by atoms with Crippen molar-refractivity contribution in [3.63, 3.8) is 0 Å². The van der Waals surface area contributed by atoms with Gasteiger partial charge < -0.3 is 10.2 Å². The average Bonchev–Trinajstić information content (AvgIpc) is 2.70. The molecule has 0 aliphatic carbocycles. The lowest BCUT2D eigenvalue weighted by Crippen LogP contribution is -1.97. The monoisotopic (exact) mass is 205 g/mol. The van der Waals surface area contributed by atoms with Crippen LogP contribution in [-0.2, 0) is 0 Å². The Hall–Kier alpha value is -2.37. The number of carbonyl (C=O) groups is 1. The normalized spacial score (nSPS) is 10.1. The number of nitrogens with one attached hydrogen (secondary N) is 1. The lowest BCUT2D eigenvalue weighted by atomic mass is 10.1. The minimum Gasteiger partial charge on any atom is -0.506 e. The minimum atomic E-state index is -1.18. The lowest BCUT2D eigenvalue weighted by Gasteiger charge is -2.03. The molecule has 0 aliphatic rings. The second-order valence-electron chi connectivity index (χ2n) is 2.86. The number of rotatable bonds is 2. The zero-order valence-electron chi connectivity index (χ0n) is 7.51. The van der Waals surface area contributed by atoms with E-state index in [2.05, 4.69) is 15.4 Å². The van der Waals surface area contributed by atoms with E-state index in [4.69, 9.17) is 5.11 Å². The van der Waals surface area contributed by atoms with E-state index in [0.717, 1.165) is 0 Å². The predicted octanol–water partition coefficient (Wildman–Crippen LogP) is 0.875. The quantitative estimate of drug-likeness (QED) is 0.675. The Morgan fingerprint density at radius 1 is 1.40 bits per heavy atom. The van der Waals surface area contributed by atoms with Crippen molar-refractivity contribution in [2.45, 2.75) is 0 Å². The van der Waals surface area contributed by atoms with Crippen LogP contribution in [0.4, 0.5) is 0 Å². The van der Waals surface area contributed by atoms with E-state index in [-0.39, 0.29) is 11.3 Å². The van der Waals surface area contributed by atoms with E-state index in [1.807, 2.05) is 0 Å². The molecule has 0 unspecified atom stereocenters. The Balaban J connectivity index is 2.59. The second kappa shape index (κ2) is 3.41. The van der Waals surface area contributed by atoms with Gasteiger partial charge >= 0.3 is 5.97 Å². The summed E-state index contributed by atoms with van der Waals surface area (Å²) in [5.74, 6) is -1.49. The van der Waals surface area contributed by atoms with Crippen LogP contribution in [0.1, 0.15) is 10.4 Å². The summed E-state index contributed by atoms with van der Waals surface area (Å²) in [5, 5.41) is 28.2. The number of aromatic amines is 1. The van der Waals surface area contributed by atoms with Gasteiger partial charge in [0, 0.05) is 5.56 Å². The van der Waals surface area contributed by atoms with Crippen LogP contribution in [0.2, 0.25) is 0 Å². The standard InChI is InChI=1S/C9H7N3O3/c13-8-5(7-4-10-12-11-7)2-1-3-6(8)9(14)15/h1-4,13H,(H,14,15)(H,10,11,12). The summed E-state index contributed by atoms with van der Waals surface area (Å²) in [6, 6.07) is 4.42. The van der Waals surface area contributed by atoms with E-state index in [1.54, 1.807) is 6.07 Å². The predicted molar refractivity (Wildman–Crippen MR) is 50.4 cm³/mol. The number of nitrogens with zero attached hydrogens (tertiary/aromatic N) is 2.